The van der Waals surface area contributed by atoms with Crippen molar-refractivity contribution in [2.45, 2.75) is 39.6 Å². The predicted octanol–water partition coefficient (Wildman–Crippen LogP) is 4.84. The number of ether oxygens (including phenoxy) is 5. The first-order valence-electron chi connectivity index (χ1n) is 14.6. The summed E-state index contributed by atoms with van der Waals surface area (Å²) in [6.07, 6.45) is 0.385. The molecule has 0 aliphatic carbocycles. The normalized spacial score (nSPS) is 15.1. The van der Waals surface area contributed by atoms with Gasteiger partial charge in [-0.25, -0.2) is 9.59 Å². The molecule has 1 aliphatic heterocycles. The highest BCUT2D eigenvalue weighted by Crippen LogP contribution is 2.35. The van der Waals surface area contributed by atoms with Crippen molar-refractivity contribution < 1.29 is 38.4 Å². The van der Waals surface area contributed by atoms with E-state index in [1.165, 1.54) is 13.3 Å². The van der Waals surface area contributed by atoms with Crippen LogP contribution in [0.3, 0.4) is 0 Å². The van der Waals surface area contributed by atoms with E-state index in [1.807, 2.05) is 44.2 Å². The van der Waals surface area contributed by atoms with Gasteiger partial charge in [0.15, 0.2) is 29.2 Å². The van der Waals surface area contributed by atoms with Gasteiger partial charge in [0, 0.05) is 10.7 Å². The van der Waals surface area contributed by atoms with E-state index in [9.17, 15) is 14.7 Å². The lowest BCUT2D eigenvalue weighted by molar-refractivity contribution is -0.136. The number of hydrogen-bond donors (Lipinski definition) is 4. The third kappa shape index (κ3) is 9.05. The van der Waals surface area contributed by atoms with Crippen LogP contribution >= 0.6 is 11.6 Å². The molecule has 0 radical (unpaired) electrons. The first kappa shape index (κ1) is 33.9. The van der Waals surface area contributed by atoms with Gasteiger partial charge in [-0.3, -0.25) is 5.43 Å². The number of rotatable bonds is 15. The van der Waals surface area contributed by atoms with Crippen molar-refractivity contribution in [3.8, 4) is 23.0 Å². The van der Waals surface area contributed by atoms with Crippen molar-refractivity contribution >= 4 is 29.8 Å². The maximum atomic E-state index is 12.5. The van der Waals surface area contributed by atoms with Gasteiger partial charge < -0.3 is 39.4 Å². The average Bonchev–Trinajstić information content (AvgIpc) is 3.04. The molecule has 46 heavy (non-hydrogen) atoms. The van der Waals surface area contributed by atoms with E-state index in [1.54, 1.807) is 37.3 Å². The zero-order valence-corrected chi connectivity index (χ0v) is 26.7. The second-order valence-corrected chi connectivity index (χ2v) is 10.4. The summed E-state index contributed by atoms with van der Waals surface area (Å²) in [4.78, 5) is 24.6. The summed E-state index contributed by atoms with van der Waals surface area (Å²) in [5.41, 5.74) is 5.56. The van der Waals surface area contributed by atoms with Gasteiger partial charge in [0.05, 0.1) is 38.2 Å². The fourth-order valence-corrected chi connectivity index (χ4v) is 4.68. The number of esters is 1. The van der Waals surface area contributed by atoms with Gasteiger partial charge in [0.1, 0.15) is 13.2 Å². The summed E-state index contributed by atoms with van der Waals surface area (Å²) >= 11 is 5.96. The zero-order chi connectivity index (χ0) is 33.1. The Morgan fingerprint density at radius 3 is 2.35 bits per heavy atom. The number of hydrazone groups is 1. The molecule has 0 saturated heterocycles. The van der Waals surface area contributed by atoms with Gasteiger partial charge in [0.2, 0.25) is 0 Å². The number of hydrogen-bond acceptors (Lipinski definition) is 10. The van der Waals surface area contributed by atoms with Crippen LogP contribution in [0.5, 0.6) is 23.0 Å². The molecule has 0 fully saturated rings. The molecular formula is C33H37ClN4O8. The summed E-state index contributed by atoms with van der Waals surface area (Å²) in [6.45, 7) is 6.30. The highest BCUT2D eigenvalue weighted by atomic mass is 35.5. The van der Waals surface area contributed by atoms with E-state index in [0.717, 1.165) is 11.1 Å². The fraction of sp³-hybridized carbons (Fsp3) is 0.303. The zero-order valence-electron chi connectivity index (χ0n) is 26.0. The third-order valence-electron chi connectivity index (χ3n) is 6.68. The minimum Gasteiger partial charge on any atom is -0.490 e. The molecular weight excluding hydrogens is 616 g/mol. The summed E-state index contributed by atoms with van der Waals surface area (Å²) in [5, 5.41) is 20.6. The second-order valence-electron chi connectivity index (χ2n) is 9.97. The van der Waals surface area contributed by atoms with E-state index in [4.69, 9.17) is 35.3 Å². The van der Waals surface area contributed by atoms with Gasteiger partial charge in [-0.05, 0) is 79.9 Å². The van der Waals surface area contributed by atoms with Crippen LogP contribution in [0.25, 0.3) is 0 Å². The van der Waals surface area contributed by atoms with Crippen molar-refractivity contribution in [2.75, 3.05) is 26.9 Å². The Morgan fingerprint density at radius 1 is 0.978 bits per heavy atom. The largest absolute Gasteiger partial charge is 0.490 e. The Labute approximate surface area is 272 Å². The third-order valence-corrected chi connectivity index (χ3v) is 6.94. The lowest BCUT2D eigenvalue weighted by Gasteiger charge is -2.28. The van der Waals surface area contributed by atoms with E-state index in [2.05, 4.69) is 21.2 Å². The summed E-state index contributed by atoms with van der Waals surface area (Å²) in [5.74, 6) is 1.29. The maximum absolute atomic E-state index is 12.5. The Kier molecular flexibility index (Phi) is 12.1. The first-order valence-corrected chi connectivity index (χ1v) is 15.0. The molecule has 13 heteroatoms. The molecule has 4 rings (SSSR count). The quantitative estimate of drug-likeness (QED) is 0.0783. The predicted molar refractivity (Wildman–Crippen MR) is 172 cm³/mol. The summed E-state index contributed by atoms with van der Waals surface area (Å²) in [7, 11) is 1.27. The van der Waals surface area contributed by atoms with Crippen molar-refractivity contribution in [1.29, 1.82) is 0 Å². The van der Waals surface area contributed by atoms with E-state index in [-0.39, 0.29) is 12.2 Å². The van der Waals surface area contributed by atoms with E-state index >= 15 is 0 Å². The number of benzene rings is 3. The number of nitrogens with zero attached hydrogens (tertiary/aromatic N) is 1. The molecule has 3 aromatic rings. The van der Waals surface area contributed by atoms with Crippen LogP contribution in [-0.2, 0) is 16.1 Å². The number of carbonyl (C=O) groups is 2. The molecule has 4 N–H and O–H groups in total. The molecule has 2 atom stereocenters. The van der Waals surface area contributed by atoms with Crippen LogP contribution in [0.4, 0.5) is 4.79 Å². The number of carbonyl (C=O) groups excluding carboxylic acids is 2. The molecule has 0 unspecified atom stereocenters. The average molecular weight is 653 g/mol. The Morgan fingerprint density at radius 2 is 1.65 bits per heavy atom. The van der Waals surface area contributed by atoms with Gasteiger partial charge in [0.25, 0.3) is 0 Å². The van der Waals surface area contributed by atoms with Crippen molar-refractivity contribution in [2.24, 2.45) is 5.10 Å². The number of methoxy groups -OCH3 is 1. The molecule has 244 valence electrons. The number of aliphatic hydroxyl groups excluding tert-OH is 1. The lowest BCUT2D eigenvalue weighted by atomic mass is 9.95. The summed E-state index contributed by atoms with van der Waals surface area (Å²) in [6, 6.07) is 16.6. The van der Waals surface area contributed by atoms with Crippen LogP contribution in [0, 0.1) is 0 Å². The van der Waals surface area contributed by atoms with Crippen LogP contribution in [-0.4, -0.2) is 56.5 Å². The molecule has 1 heterocycles. The van der Waals surface area contributed by atoms with Crippen LogP contribution < -0.4 is 35.0 Å². The van der Waals surface area contributed by atoms with Gasteiger partial charge in [-0.1, -0.05) is 29.8 Å². The lowest BCUT2D eigenvalue weighted by Crippen LogP contribution is -2.45. The number of halogens is 1. The van der Waals surface area contributed by atoms with Gasteiger partial charge >= 0.3 is 12.0 Å². The number of nitrogens with one attached hydrogen (secondary N) is 3. The van der Waals surface area contributed by atoms with E-state index < -0.39 is 24.3 Å². The Hall–Kier alpha value is -4.94. The van der Waals surface area contributed by atoms with E-state index in [0.29, 0.717) is 59.1 Å². The first-order chi connectivity index (χ1) is 22.2. The molecule has 2 amide bonds. The van der Waals surface area contributed by atoms with Crippen molar-refractivity contribution in [3.63, 3.8) is 0 Å². The highest BCUT2D eigenvalue weighted by molar-refractivity contribution is 6.30. The SMILES string of the molecule is CCOc1cc(/C=N\N[C@H](O)COc2ccc([C@H]3NC(=O)NC(C)=C3C(=O)OC)cc2OCC)ccc1OCc1ccc(Cl)cc1. The molecule has 0 spiro atoms. The Balaban J connectivity index is 1.37. The second kappa shape index (κ2) is 16.4. The maximum Gasteiger partial charge on any atom is 0.337 e. The standard InChI is InChI=1S/C33H37ClN4O8/c1-5-43-27-15-22(9-13-25(27)45-18-21-7-11-24(34)12-8-21)17-35-38-29(39)19-46-26-14-10-23(16-28(26)44-6-2)31-30(32(40)42-4)20(3)36-33(41)37-31/h7-17,29,31,38-39H,5-6,18-19H2,1-4H3,(H2,36,37,41)/b35-17-/t29-,31-/m1/s1. The number of aliphatic hydroxyl groups is 1. The fourth-order valence-electron chi connectivity index (χ4n) is 4.55. The number of amides is 2. The molecule has 0 aromatic heterocycles. The van der Waals surface area contributed by atoms with Crippen LogP contribution in [0.15, 0.2) is 77.0 Å². The minimum atomic E-state index is -1.15. The smallest absolute Gasteiger partial charge is 0.337 e. The van der Waals surface area contributed by atoms with Crippen molar-refractivity contribution in [3.05, 3.63) is 93.6 Å². The molecule has 1 aliphatic rings. The van der Waals surface area contributed by atoms with Crippen LogP contribution in [0.2, 0.25) is 5.02 Å². The molecule has 3 aromatic carbocycles. The van der Waals surface area contributed by atoms with Crippen LogP contribution in [0.1, 0.15) is 43.5 Å². The monoisotopic (exact) mass is 652 g/mol. The molecule has 12 nitrogen and oxygen atoms in total. The van der Waals surface area contributed by atoms with Crippen molar-refractivity contribution in [1.82, 2.24) is 16.1 Å². The summed E-state index contributed by atoms with van der Waals surface area (Å²) < 4.78 is 28.2. The topological polar surface area (TPSA) is 149 Å². The minimum absolute atomic E-state index is 0.158. The van der Waals surface area contributed by atoms with Gasteiger partial charge in [-0.15, -0.1) is 0 Å². The number of allylic oxidation sites excluding steroid dienone is 1. The molecule has 0 bridgehead atoms. The number of urea groups is 1. The van der Waals surface area contributed by atoms with Gasteiger partial charge in [-0.2, -0.15) is 5.10 Å². The highest BCUT2D eigenvalue weighted by Gasteiger charge is 2.32. The Bertz CT molecular complexity index is 1580. The molecule has 0 saturated carbocycles.